The van der Waals surface area contributed by atoms with Gasteiger partial charge in [0.2, 0.25) is 0 Å². The lowest BCUT2D eigenvalue weighted by atomic mass is 10.1. The van der Waals surface area contributed by atoms with Gasteiger partial charge < -0.3 is 9.72 Å². The van der Waals surface area contributed by atoms with Crippen LogP contribution in [0.3, 0.4) is 0 Å². The van der Waals surface area contributed by atoms with E-state index in [1.807, 2.05) is 28.8 Å². The molecule has 1 amide bonds. The van der Waals surface area contributed by atoms with Crippen molar-refractivity contribution in [1.29, 1.82) is 0 Å². The fourth-order valence-electron chi connectivity index (χ4n) is 3.35. The van der Waals surface area contributed by atoms with Gasteiger partial charge >= 0.3 is 0 Å². The van der Waals surface area contributed by atoms with Gasteiger partial charge in [0.1, 0.15) is 5.82 Å². The molecule has 5 rings (SSSR count). The summed E-state index contributed by atoms with van der Waals surface area (Å²) >= 11 is 0. The van der Waals surface area contributed by atoms with Crippen LogP contribution >= 0.6 is 0 Å². The smallest absolute Gasteiger partial charge is 0.276 e. The van der Waals surface area contributed by atoms with Gasteiger partial charge in [0.05, 0.1) is 5.52 Å². The van der Waals surface area contributed by atoms with E-state index in [-0.39, 0.29) is 17.6 Å². The van der Waals surface area contributed by atoms with E-state index in [0.717, 1.165) is 37.0 Å². The maximum atomic E-state index is 12.8. The van der Waals surface area contributed by atoms with Crippen molar-refractivity contribution >= 4 is 22.9 Å². The molecule has 0 spiro atoms. The number of pyridine rings is 1. The van der Waals surface area contributed by atoms with E-state index >= 15 is 0 Å². The summed E-state index contributed by atoms with van der Waals surface area (Å²) in [4.78, 5) is 29.5. The second-order valence-corrected chi connectivity index (χ2v) is 7.22. The zero-order chi connectivity index (χ0) is 17.7. The molecule has 0 atom stereocenters. The number of nitrogens with one attached hydrogen (secondary N) is 1. The third-order valence-electron chi connectivity index (χ3n) is 5.11. The first-order valence-corrected chi connectivity index (χ1v) is 9.13. The number of fused-ring (bicyclic) bond motifs is 1. The number of benzene rings is 1. The first-order valence-electron chi connectivity index (χ1n) is 9.13. The Morgan fingerprint density at radius 3 is 2.46 bits per heavy atom. The molecular formula is C21H19N3O2. The largest absolute Gasteiger partial charge is 0.321 e. The van der Waals surface area contributed by atoms with Gasteiger partial charge in [0.15, 0.2) is 11.5 Å². The Kier molecular flexibility index (Phi) is 3.42. The molecule has 0 aliphatic heterocycles. The standard InChI is InChI=1S/C21H19N3O2/c25-19(13-4-5-13)14-8-10-16(11-9-14)22-21(26)18-17-3-1-2-12-24(17)20(23-18)15-6-7-15/h1-3,8-13,15H,4-7H2,(H,22,26). The quantitative estimate of drug-likeness (QED) is 0.709. The van der Waals surface area contributed by atoms with Crippen molar-refractivity contribution in [1.82, 2.24) is 9.38 Å². The summed E-state index contributed by atoms with van der Waals surface area (Å²) in [6.07, 6.45) is 6.21. The molecule has 0 unspecified atom stereocenters. The molecule has 26 heavy (non-hydrogen) atoms. The zero-order valence-electron chi connectivity index (χ0n) is 14.3. The minimum absolute atomic E-state index is 0.202. The third kappa shape index (κ3) is 2.69. The summed E-state index contributed by atoms with van der Waals surface area (Å²) in [7, 11) is 0. The maximum absolute atomic E-state index is 12.8. The highest BCUT2D eigenvalue weighted by Crippen LogP contribution is 2.40. The lowest BCUT2D eigenvalue weighted by Gasteiger charge is -2.05. The Labute approximate surface area is 151 Å². The molecule has 1 aromatic carbocycles. The van der Waals surface area contributed by atoms with E-state index in [1.165, 1.54) is 0 Å². The third-order valence-corrected chi connectivity index (χ3v) is 5.11. The van der Waals surface area contributed by atoms with Gasteiger partial charge in [-0.1, -0.05) is 6.07 Å². The predicted molar refractivity (Wildman–Crippen MR) is 98.6 cm³/mol. The van der Waals surface area contributed by atoms with E-state index in [1.54, 1.807) is 24.3 Å². The van der Waals surface area contributed by atoms with Gasteiger partial charge in [-0.3, -0.25) is 9.59 Å². The number of anilines is 1. The molecule has 2 saturated carbocycles. The minimum Gasteiger partial charge on any atom is -0.321 e. The normalized spacial score (nSPS) is 16.6. The van der Waals surface area contributed by atoms with Crippen molar-refractivity contribution < 1.29 is 9.59 Å². The Morgan fingerprint density at radius 1 is 1.00 bits per heavy atom. The van der Waals surface area contributed by atoms with Crippen molar-refractivity contribution in [3.05, 3.63) is 65.7 Å². The molecule has 0 radical (unpaired) electrons. The van der Waals surface area contributed by atoms with Gasteiger partial charge in [0.25, 0.3) is 5.91 Å². The van der Waals surface area contributed by atoms with Crippen molar-refractivity contribution in [3.8, 4) is 0 Å². The van der Waals surface area contributed by atoms with Crippen molar-refractivity contribution in [2.45, 2.75) is 31.6 Å². The van der Waals surface area contributed by atoms with Crippen LogP contribution in [0, 0.1) is 5.92 Å². The summed E-state index contributed by atoms with van der Waals surface area (Å²) in [5.74, 6) is 1.61. The fourth-order valence-corrected chi connectivity index (χ4v) is 3.35. The fraction of sp³-hybridized carbons (Fsp3) is 0.286. The first-order chi connectivity index (χ1) is 12.7. The number of Topliss-reactive ketones (excluding diaryl/α,β-unsaturated/α-hetero) is 1. The second-order valence-electron chi connectivity index (χ2n) is 7.22. The van der Waals surface area contributed by atoms with Gasteiger partial charge in [-0.25, -0.2) is 4.98 Å². The summed E-state index contributed by atoms with van der Waals surface area (Å²) in [6.45, 7) is 0. The van der Waals surface area contributed by atoms with E-state index in [0.29, 0.717) is 22.9 Å². The number of carbonyl (C=O) groups excluding carboxylic acids is 2. The van der Waals surface area contributed by atoms with E-state index in [4.69, 9.17) is 0 Å². The van der Waals surface area contributed by atoms with Gasteiger partial charge in [-0.2, -0.15) is 0 Å². The summed E-state index contributed by atoms with van der Waals surface area (Å²) < 4.78 is 2.02. The molecule has 3 aromatic rings. The SMILES string of the molecule is O=C(Nc1ccc(C(=O)C2CC2)cc1)c1nc(C2CC2)n2ccccc12. The van der Waals surface area contributed by atoms with Crippen molar-refractivity contribution in [2.75, 3.05) is 5.32 Å². The van der Waals surface area contributed by atoms with Crippen LogP contribution < -0.4 is 5.32 Å². The molecule has 130 valence electrons. The number of hydrogen-bond donors (Lipinski definition) is 1. The van der Waals surface area contributed by atoms with Crippen LogP contribution in [0.25, 0.3) is 5.52 Å². The zero-order valence-corrected chi connectivity index (χ0v) is 14.3. The maximum Gasteiger partial charge on any atom is 0.276 e. The Morgan fingerprint density at radius 2 is 1.77 bits per heavy atom. The van der Waals surface area contributed by atoms with Crippen molar-refractivity contribution in [2.24, 2.45) is 5.92 Å². The van der Waals surface area contributed by atoms with Crippen LogP contribution in [0.5, 0.6) is 0 Å². The highest BCUT2D eigenvalue weighted by Gasteiger charge is 2.31. The van der Waals surface area contributed by atoms with Gasteiger partial charge in [-0.15, -0.1) is 0 Å². The predicted octanol–water partition coefficient (Wildman–Crippen LogP) is 4.06. The van der Waals surface area contributed by atoms with Crippen LogP contribution in [0.15, 0.2) is 48.7 Å². The molecule has 2 heterocycles. The number of aromatic nitrogens is 2. The minimum atomic E-state index is -0.220. The number of rotatable bonds is 5. The monoisotopic (exact) mass is 345 g/mol. The van der Waals surface area contributed by atoms with E-state index < -0.39 is 0 Å². The van der Waals surface area contributed by atoms with Crippen molar-refractivity contribution in [3.63, 3.8) is 0 Å². The number of imidazole rings is 1. The number of hydrogen-bond acceptors (Lipinski definition) is 3. The molecule has 0 bridgehead atoms. The summed E-state index contributed by atoms with van der Waals surface area (Å²) in [5.41, 5.74) is 2.67. The highest BCUT2D eigenvalue weighted by molar-refractivity contribution is 6.08. The molecule has 1 N–H and O–H groups in total. The average molecular weight is 345 g/mol. The summed E-state index contributed by atoms with van der Waals surface area (Å²) in [6, 6.07) is 12.9. The lowest BCUT2D eigenvalue weighted by molar-refractivity contribution is 0.0967. The Hall–Kier alpha value is -2.95. The van der Waals surface area contributed by atoms with Crippen LogP contribution in [0.2, 0.25) is 0 Å². The molecule has 5 nitrogen and oxygen atoms in total. The number of ketones is 1. The van der Waals surface area contributed by atoms with Crippen LogP contribution in [-0.4, -0.2) is 21.1 Å². The molecule has 0 saturated heterocycles. The van der Waals surface area contributed by atoms with E-state index in [9.17, 15) is 9.59 Å². The molecule has 2 aromatic heterocycles. The van der Waals surface area contributed by atoms with Gasteiger partial charge in [0, 0.05) is 29.3 Å². The van der Waals surface area contributed by atoms with Crippen LogP contribution in [0.1, 0.15) is 58.3 Å². The highest BCUT2D eigenvalue weighted by atomic mass is 16.2. The van der Waals surface area contributed by atoms with Crippen LogP contribution in [0.4, 0.5) is 5.69 Å². The first kappa shape index (κ1) is 15.3. The van der Waals surface area contributed by atoms with E-state index in [2.05, 4.69) is 10.3 Å². The molecule has 5 heteroatoms. The molecular weight excluding hydrogens is 326 g/mol. The molecule has 2 aliphatic carbocycles. The number of amides is 1. The Bertz CT molecular complexity index is 1010. The number of nitrogens with zero attached hydrogens (tertiary/aromatic N) is 2. The Balaban J connectivity index is 1.40. The molecule has 2 fully saturated rings. The number of carbonyl (C=O) groups is 2. The average Bonchev–Trinajstić information content (AvgIpc) is 3.58. The van der Waals surface area contributed by atoms with Crippen LogP contribution in [-0.2, 0) is 0 Å². The van der Waals surface area contributed by atoms with Gasteiger partial charge in [-0.05, 0) is 62.1 Å². The second kappa shape index (κ2) is 5.80. The summed E-state index contributed by atoms with van der Waals surface area (Å²) in [5, 5.41) is 2.91. The topological polar surface area (TPSA) is 63.5 Å². The molecule has 2 aliphatic rings. The lowest BCUT2D eigenvalue weighted by Crippen LogP contribution is -2.13.